The van der Waals surface area contributed by atoms with Crippen LogP contribution in [0.2, 0.25) is 0 Å². The fourth-order valence-electron chi connectivity index (χ4n) is 2.36. The molecule has 0 unspecified atom stereocenters. The van der Waals surface area contributed by atoms with Crippen LogP contribution >= 0.6 is 0 Å². The molecule has 0 radical (unpaired) electrons. The number of hydrogen-bond acceptors (Lipinski definition) is 3. The van der Waals surface area contributed by atoms with Crippen molar-refractivity contribution < 1.29 is 4.74 Å². The molecule has 1 aromatic heterocycles. The molecule has 4 heteroatoms. The second-order valence-corrected chi connectivity index (χ2v) is 4.84. The van der Waals surface area contributed by atoms with E-state index in [2.05, 4.69) is 28.7 Å². The smallest absolute Gasteiger partial charge is 0.121 e. The summed E-state index contributed by atoms with van der Waals surface area (Å²) in [6, 6.07) is 5.94. The molecule has 0 spiro atoms. The van der Waals surface area contributed by atoms with Gasteiger partial charge in [-0.05, 0) is 38.1 Å². The van der Waals surface area contributed by atoms with E-state index in [0.717, 1.165) is 42.2 Å². The van der Waals surface area contributed by atoms with E-state index < -0.39 is 0 Å². The number of aromatic amines is 1. The van der Waals surface area contributed by atoms with E-state index in [1.54, 1.807) is 7.11 Å². The molecule has 0 atom stereocenters. The lowest BCUT2D eigenvalue weighted by molar-refractivity contribution is 0.261. The summed E-state index contributed by atoms with van der Waals surface area (Å²) in [4.78, 5) is 10.5. The van der Waals surface area contributed by atoms with E-state index in [4.69, 9.17) is 4.74 Å². The van der Waals surface area contributed by atoms with Gasteiger partial charge in [-0.2, -0.15) is 0 Å². The first kappa shape index (κ1) is 13.9. The maximum atomic E-state index is 5.23. The van der Waals surface area contributed by atoms with Crippen molar-refractivity contribution >= 4 is 11.0 Å². The Bertz CT molecular complexity index is 515. The van der Waals surface area contributed by atoms with Crippen LogP contribution in [-0.2, 0) is 6.54 Å². The third-order valence-corrected chi connectivity index (χ3v) is 3.19. The molecule has 19 heavy (non-hydrogen) atoms. The number of nitrogens with zero attached hydrogens (tertiary/aromatic N) is 2. The van der Waals surface area contributed by atoms with Crippen molar-refractivity contribution in [1.29, 1.82) is 0 Å². The first-order valence-corrected chi connectivity index (χ1v) is 7.01. The highest BCUT2D eigenvalue weighted by molar-refractivity contribution is 5.76. The summed E-state index contributed by atoms with van der Waals surface area (Å²) < 4.78 is 5.23. The van der Waals surface area contributed by atoms with Crippen molar-refractivity contribution in [2.75, 3.05) is 20.2 Å². The Morgan fingerprint density at radius 2 is 1.95 bits per heavy atom. The molecule has 0 amide bonds. The summed E-state index contributed by atoms with van der Waals surface area (Å²) >= 11 is 0. The van der Waals surface area contributed by atoms with Crippen LogP contribution in [0, 0.1) is 0 Å². The number of ether oxygens (including phenoxy) is 1. The normalized spacial score (nSPS) is 11.4. The summed E-state index contributed by atoms with van der Waals surface area (Å²) in [5.41, 5.74) is 2.05. The fraction of sp³-hybridized carbons (Fsp3) is 0.533. The van der Waals surface area contributed by atoms with E-state index in [1.165, 1.54) is 12.8 Å². The Balaban J connectivity index is 2.15. The summed E-state index contributed by atoms with van der Waals surface area (Å²) in [7, 11) is 1.68. The zero-order valence-electron chi connectivity index (χ0n) is 12.1. The van der Waals surface area contributed by atoms with Crippen LogP contribution < -0.4 is 4.74 Å². The molecular weight excluding hydrogens is 238 g/mol. The molecule has 1 N–H and O–H groups in total. The lowest BCUT2D eigenvalue weighted by atomic mass is 10.3. The van der Waals surface area contributed by atoms with Crippen LogP contribution in [0.15, 0.2) is 18.2 Å². The monoisotopic (exact) mass is 261 g/mol. The summed E-state index contributed by atoms with van der Waals surface area (Å²) in [6.07, 6.45) is 2.35. The predicted molar refractivity (Wildman–Crippen MR) is 78.5 cm³/mol. The summed E-state index contributed by atoms with van der Waals surface area (Å²) in [6.45, 7) is 7.55. The maximum absolute atomic E-state index is 5.23. The highest BCUT2D eigenvalue weighted by atomic mass is 16.5. The number of H-pyrrole nitrogens is 1. The highest BCUT2D eigenvalue weighted by Gasteiger charge is 2.08. The lowest BCUT2D eigenvalue weighted by Crippen LogP contribution is -2.25. The van der Waals surface area contributed by atoms with Crippen molar-refractivity contribution in [3.05, 3.63) is 24.0 Å². The van der Waals surface area contributed by atoms with Gasteiger partial charge in [-0.3, -0.25) is 4.90 Å². The second kappa shape index (κ2) is 6.57. The number of aromatic nitrogens is 2. The van der Waals surface area contributed by atoms with Gasteiger partial charge in [0.25, 0.3) is 0 Å². The molecule has 1 aromatic carbocycles. The Labute approximate surface area is 114 Å². The van der Waals surface area contributed by atoms with Gasteiger partial charge >= 0.3 is 0 Å². The van der Waals surface area contributed by atoms with E-state index in [1.807, 2.05) is 18.2 Å². The van der Waals surface area contributed by atoms with E-state index in [9.17, 15) is 0 Å². The van der Waals surface area contributed by atoms with Crippen molar-refractivity contribution in [3.63, 3.8) is 0 Å². The molecule has 2 aromatic rings. The third kappa shape index (κ3) is 3.47. The molecule has 0 aliphatic heterocycles. The Kier molecular flexibility index (Phi) is 4.80. The SMILES string of the molecule is CCCN(CCC)Cc1nc2ccc(OC)cc2[nH]1. The molecule has 1 heterocycles. The van der Waals surface area contributed by atoms with Gasteiger partial charge in [0.15, 0.2) is 0 Å². The minimum atomic E-state index is 0.863. The first-order valence-electron chi connectivity index (χ1n) is 7.01. The van der Waals surface area contributed by atoms with E-state index in [0.29, 0.717) is 0 Å². The number of rotatable bonds is 7. The average Bonchev–Trinajstić information content (AvgIpc) is 2.80. The summed E-state index contributed by atoms with van der Waals surface area (Å²) in [5, 5.41) is 0. The van der Waals surface area contributed by atoms with Crippen LogP contribution in [-0.4, -0.2) is 35.1 Å². The fourth-order valence-corrected chi connectivity index (χ4v) is 2.36. The number of nitrogens with one attached hydrogen (secondary N) is 1. The van der Waals surface area contributed by atoms with Crippen LogP contribution in [0.5, 0.6) is 5.75 Å². The first-order chi connectivity index (χ1) is 9.26. The summed E-state index contributed by atoms with van der Waals surface area (Å²) in [5.74, 6) is 1.90. The second-order valence-electron chi connectivity index (χ2n) is 4.84. The van der Waals surface area contributed by atoms with Gasteiger partial charge in [0.1, 0.15) is 11.6 Å². The zero-order chi connectivity index (χ0) is 13.7. The number of imidazole rings is 1. The van der Waals surface area contributed by atoms with Crippen molar-refractivity contribution in [2.24, 2.45) is 0 Å². The number of methoxy groups -OCH3 is 1. The van der Waals surface area contributed by atoms with Gasteiger partial charge in [0.05, 0.1) is 24.7 Å². The van der Waals surface area contributed by atoms with Gasteiger partial charge in [-0.25, -0.2) is 4.98 Å². The Morgan fingerprint density at radius 1 is 1.21 bits per heavy atom. The predicted octanol–water partition coefficient (Wildman–Crippen LogP) is 3.19. The number of fused-ring (bicyclic) bond motifs is 1. The molecule has 2 rings (SSSR count). The molecule has 0 saturated carbocycles. The minimum Gasteiger partial charge on any atom is -0.497 e. The quantitative estimate of drug-likeness (QED) is 0.832. The van der Waals surface area contributed by atoms with Crippen molar-refractivity contribution in [3.8, 4) is 5.75 Å². The average molecular weight is 261 g/mol. The molecule has 0 fully saturated rings. The van der Waals surface area contributed by atoms with Gasteiger partial charge < -0.3 is 9.72 Å². The Hall–Kier alpha value is -1.55. The lowest BCUT2D eigenvalue weighted by Gasteiger charge is -2.19. The maximum Gasteiger partial charge on any atom is 0.121 e. The largest absolute Gasteiger partial charge is 0.497 e. The standard InChI is InChI=1S/C15H23N3O/c1-4-8-18(9-5-2)11-15-16-13-7-6-12(19-3)10-14(13)17-15/h6-7,10H,4-5,8-9,11H2,1-3H3,(H,16,17). The molecule has 0 aliphatic rings. The molecular formula is C15H23N3O. The molecule has 0 bridgehead atoms. The highest BCUT2D eigenvalue weighted by Crippen LogP contribution is 2.19. The van der Waals surface area contributed by atoms with Gasteiger partial charge in [-0.15, -0.1) is 0 Å². The number of benzene rings is 1. The van der Waals surface area contributed by atoms with Crippen LogP contribution in [0.3, 0.4) is 0 Å². The van der Waals surface area contributed by atoms with Crippen LogP contribution in [0.4, 0.5) is 0 Å². The molecule has 4 nitrogen and oxygen atoms in total. The Morgan fingerprint density at radius 3 is 2.58 bits per heavy atom. The van der Waals surface area contributed by atoms with Gasteiger partial charge in [0.2, 0.25) is 0 Å². The third-order valence-electron chi connectivity index (χ3n) is 3.19. The van der Waals surface area contributed by atoms with Gasteiger partial charge in [-0.1, -0.05) is 13.8 Å². The zero-order valence-corrected chi connectivity index (χ0v) is 12.1. The number of hydrogen-bond donors (Lipinski definition) is 1. The van der Waals surface area contributed by atoms with Crippen molar-refractivity contribution in [2.45, 2.75) is 33.2 Å². The molecule has 104 valence electrons. The van der Waals surface area contributed by atoms with Crippen LogP contribution in [0.25, 0.3) is 11.0 Å². The van der Waals surface area contributed by atoms with Crippen molar-refractivity contribution in [1.82, 2.24) is 14.9 Å². The topological polar surface area (TPSA) is 41.2 Å². The van der Waals surface area contributed by atoms with E-state index >= 15 is 0 Å². The molecule has 0 saturated heterocycles. The molecule has 0 aliphatic carbocycles. The van der Waals surface area contributed by atoms with Crippen LogP contribution in [0.1, 0.15) is 32.5 Å². The van der Waals surface area contributed by atoms with E-state index in [-0.39, 0.29) is 0 Å². The van der Waals surface area contributed by atoms with Gasteiger partial charge in [0, 0.05) is 6.07 Å². The minimum absolute atomic E-state index is 0.863.